The number of hydrogen-bond donors (Lipinski definition) is 0. The molecule has 0 N–H and O–H groups in total. The highest BCUT2D eigenvalue weighted by molar-refractivity contribution is 6.29. The summed E-state index contributed by atoms with van der Waals surface area (Å²) in [7, 11) is 0. The van der Waals surface area contributed by atoms with E-state index in [1.54, 1.807) is 0 Å². The summed E-state index contributed by atoms with van der Waals surface area (Å²) in [6.07, 6.45) is 0. The fraction of sp³-hybridized carbons (Fsp3) is 0.667. The Labute approximate surface area is 103 Å². The molecule has 1 aromatic rings. The second-order valence-corrected chi connectivity index (χ2v) is 5.19. The van der Waals surface area contributed by atoms with E-state index in [9.17, 15) is 0 Å². The summed E-state index contributed by atoms with van der Waals surface area (Å²) in [4.78, 5) is 10.9. The van der Waals surface area contributed by atoms with Gasteiger partial charge in [-0.05, 0) is 19.9 Å². The molecule has 90 valence electrons. The second kappa shape index (κ2) is 5.00. The van der Waals surface area contributed by atoms with Crippen molar-refractivity contribution in [3.63, 3.8) is 0 Å². The average molecular weight is 242 g/mol. The third-order valence-corrected chi connectivity index (χ3v) is 2.69. The maximum absolute atomic E-state index is 6.04. The largest absolute Gasteiger partial charge is 0.341 e. The van der Waals surface area contributed by atoms with Gasteiger partial charge in [0.25, 0.3) is 0 Å². The molecule has 1 heterocycles. The summed E-state index contributed by atoms with van der Waals surface area (Å²) in [5.41, 5.74) is 0.975. The molecule has 0 fully saturated rings. The fourth-order valence-corrected chi connectivity index (χ4v) is 1.62. The number of halogens is 1. The normalized spacial score (nSPS) is 11.6. The molecule has 16 heavy (non-hydrogen) atoms. The SMILES string of the molecule is CCN(CC)c1nc(Cl)cc(C(C)(C)C)n1. The summed E-state index contributed by atoms with van der Waals surface area (Å²) in [6.45, 7) is 12.3. The lowest BCUT2D eigenvalue weighted by atomic mass is 9.92. The Hall–Kier alpha value is -0.830. The van der Waals surface area contributed by atoms with Crippen LogP contribution in [0.2, 0.25) is 5.15 Å². The first-order valence-electron chi connectivity index (χ1n) is 5.68. The van der Waals surface area contributed by atoms with Crippen molar-refractivity contribution in [1.82, 2.24) is 9.97 Å². The molecule has 0 radical (unpaired) electrons. The van der Waals surface area contributed by atoms with Crippen molar-refractivity contribution in [2.75, 3.05) is 18.0 Å². The molecule has 0 aliphatic carbocycles. The van der Waals surface area contributed by atoms with Crippen LogP contribution >= 0.6 is 11.6 Å². The Bertz CT molecular complexity index is 354. The van der Waals surface area contributed by atoms with Crippen LogP contribution in [0.25, 0.3) is 0 Å². The van der Waals surface area contributed by atoms with Crippen molar-refractivity contribution in [2.45, 2.75) is 40.0 Å². The molecule has 0 atom stereocenters. The molecule has 3 nitrogen and oxygen atoms in total. The van der Waals surface area contributed by atoms with Crippen LogP contribution in [0.1, 0.15) is 40.3 Å². The maximum atomic E-state index is 6.04. The third-order valence-electron chi connectivity index (χ3n) is 2.50. The number of hydrogen-bond acceptors (Lipinski definition) is 3. The summed E-state index contributed by atoms with van der Waals surface area (Å²) in [6, 6.07) is 1.84. The molecule has 0 aliphatic rings. The minimum atomic E-state index is -0.00547. The van der Waals surface area contributed by atoms with Crippen LogP contribution in [-0.2, 0) is 5.41 Å². The quantitative estimate of drug-likeness (QED) is 0.761. The third kappa shape index (κ3) is 3.08. The summed E-state index contributed by atoms with van der Waals surface area (Å²) in [5, 5.41) is 0.516. The number of aromatic nitrogens is 2. The average Bonchev–Trinajstić information content (AvgIpc) is 2.17. The van der Waals surface area contributed by atoms with Crippen molar-refractivity contribution in [1.29, 1.82) is 0 Å². The Morgan fingerprint density at radius 2 is 1.75 bits per heavy atom. The van der Waals surface area contributed by atoms with Crippen LogP contribution in [0.5, 0.6) is 0 Å². The van der Waals surface area contributed by atoms with E-state index in [0.29, 0.717) is 5.15 Å². The van der Waals surface area contributed by atoms with Crippen LogP contribution in [0.15, 0.2) is 6.07 Å². The van der Waals surface area contributed by atoms with Gasteiger partial charge in [-0.2, -0.15) is 0 Å². The molecule has 1 rings (SSSR count). The number of anilines is 1. The monoisotopic (exact) mass is 241 g/mol. The molecular weight excluding hydrogens is 222 g/mol. The van der Waals surface area contributed by atoms with Crippen molar-refractivity contribution < 1.29 is 0 Å². The number of rotatable bonds is 3. The standard InChI is InChI=1S/C12H20ClN3/c1-6-16(7-2)11-14-9(12(3,4)5)8-10(13)15-11/h8H,6-7H2,1-5H3. The van der Waals surface area contributed by atoms with E-state index in [0.717, 1.165) is 24.7 Å². The van der Waals surface area contributed by atoms with Crippen LogP contribution in [0.3, 0.4) is 0 Å². The zero-order valence-corrected chi connectivity index (χ0v) is 11.5. The minimum absolute atomic E-state index is 0.00547. The molecule has 0 saturated heterocycles. The van der Waals surface area contributed by atoms with Crippen molar-refractivity contribution in [3.8, 4) is 0 Å². The highest BCUT2D eigenvalue weighted by atomic mass is 35.5. The van der Waals surface area contributed by atoms with Gasteiger partial charge < -0.3 is 4.90 Å². The second-order valence-electron chi connectivity index (χ2n) is 4.80. The maximum Gasteiger partial charge on any atom is 0.226 e. The lowest BCUT2D eigenvalue weighted by molar-refractivity contribution is 0.565. The first kappa shape index (κ1) is 13.2. The first-order chi connectivity index (χ1) is 7.38. The molecular formula is C12H20ClN3. The summed E-state index contributed by atoms with van der Waals surface area (Å²) >= 11 is 6.04. The van der Waals surface area contributed by atoms with Crippen LogP contribution in [0, 0.1) is 0 Å². The van der Waals surface area contributed by atoms with Gasteiger partial charge in [-0.3, -0.25) is 0 Å². The van der Waals surface area contributed by atoms with Crippen molar-refractivity contribution >= 4 is 17.5 Å². The Morgan fingerprint density at radius 1 is 1.19 bits per heavy atom. The van der Waals surface area contributed by atoms with E-state index < -0.39 is 0 Å². The zero-order chi connectivity index (χ0) is 12.3. The van der Waals surface area contributed by atoms with E-state index in [2.05, 4.69) is 49.5 Å². The molecule has 0 bridgehead atoms. The van der Waals surface area contributed by atoms with Gasteiger partial charge in [0.05, 0.1) is 5.69 Å². The Morgan fingerprint density at radius 3 is 2.19 bits per heavy atom. The van der Waals surface area contributed by atoms with E-state index in [-0.39, 0.29) is 5.41 Å². The Kier molecular flexibility index (Phi) is 4.14. The van der Waals surface area contributed by atoms with Crippen LogP contribution in [0.4, 0.5) is 5.95 Å². The molecule has 0 saturated carbocycles. The van der Waals surface area contributed by atoms with Gasteiger partial charge in [0.2, 0.25) is 5.95 Å². The molecule has 0 aliphatic heterocycles. The first-order valence-corrected chi connectivity index (χ1v) is 6.06. The highest BCUT2D eigenvalue weighted by Gasteiger charge is 2.18. The predicted octanol–water partition coefficient (Wildman–Crippen LogP) is 3.27. The van der Waals surface area contributed by atoms with Crippen LogP contribution in [-0.4, -0.2) is 23.1 Å². The molecule has 1 aromatic heterocycles. The highest BCUT2D eigenvalue weighted by Crippen LogP contribution is 2.24. The van der Waals surface area contributed by atoms with Gasteiger partial charge in [-0.25, -0.2) is 9.97 Å². The lowest BCUT2D eigenvalue weighted by Crippen LogP contribution is -2.26. The van der Waals surface area contributed by atoms with Gasteiger partial charge in [-0.15, -0.1) is 0 Å². The van der Waals surface area contributed by atoms with E-state index in [1.165, 1.54) is 0 Å². The molecule has 0 unspecified atom stereocenters. The Balaban J connectivity index is 3.17. The number of nitrogens with zero attached hydrogens (tertiary/aromatic N) is 3. The topological polar surface area (TPSA) is 29.0 Å². The van der Waals surface area contributed by atoms with Crippen LogP contribution < -0.4 is 4.90 Å². The minimum Gasteiger partial charge on any atom is -0.341 e. The van der Waals surface area contributed by atoms with Gasteiger partial charge in [0.1, 0.15) is 5.15 Å². The van der Waals surface area contributed by atoms with E-state index in [4.69, 9.17) is 11.6 Å². The van der Waals surface area contributed by atoms with Gasteiger partial charge in [-0.1, -0.05) is 32.4 Å². The van der Waals surface area contributed by atoms with Gasteiger partial charge in [0.15, 0.2) is 0 Å². The predicted molar refractivity (Wildman–Crippen MR) is 69.3 cm³/mol. The van der Waals surface area contributed by atoms with E-state index in [1.807, 2.05) is 6.07 Å². The van der Waals surface area contributed by atoms with E-state index >= 15 is 0 Å². The fourth-order valence-electron chi connectivity index (χ4n) is 1.44. The van der Waals surface area contributed by atoms with Crippen molar-refractivity contribution in [3.05, 3.63) is 16.9 Å². The van der Waals surface area contributed by atoms with Gasteiger partial charge in [0, 0.05) is 18.5 Å². The molecule has 0 aromatic carbocycles. The molecule has 0 spiro atoms. The zero-order valence-electron chi connectivity index (χ0n) is 10.7. The van der Waals surface area contributed by atoms with Crippen molar-refractivity contribution in [2.24, 2.45) is 0 Å². The molecule has 0 amide bonds. The lowest BCUT2D eigenvalue weighted by Gasteiger charge is -2.23. The summed E-state index contributed by atoms with van der Waals surface area (Å²) in [5.74, 6) is 0.724. The van der Waals surface area contributed by atoms with Gasteiger partial charge >= 0.3 is 0 Å². The smallest absolute Gasteiger partial charge is 0.226 e. The summed E-state index contributed by atoms with van der Waals surface area (Å²) < 4.78 is 0. The molecule has 4 heteroatoms.